The lowest BCUT2D eigenvalue weighted by Crippen LogP contribution is -2.24. The third-order valence-corrected chi connectivity index (χ3v) is 2.60. The SMILES string of the molecule is CC(C#N)CN(C)c1cccc(Cl)c1C#N. The fourth-order valence-corrected chi connectivity index (χ4v) is 1.70. The molecule has 0 spiro atoms. The third-order valence-electron chi connectivity index (χ3n) is 2.28. The van der Waals surface area contributed by atoms with Gasteiger partial charge in [0.05, 0.1) is 28.3 Å². The lowest BCUT2D eigenvalue weighted by atomic mass is 10.1. The molecule has 1 aromatic carbocycles. The molecule has 0 saturated heterocycles. The second-order valence-corrected chi connectivity index (χ2v) is 4.06. The van der Waals surface area contributed by atoms with Crippen molar-refractivity contribution >= 4 is 17.3 Å². The van der Waals surface area contributed by atoms with Crippen LogP contribution in [-0.4, -0.2) is 13.6 Å². The average molecular weight is 234 g/mol. The van der Waals surface area contributed by atoms with Crippen LogP contribution in [0.1, 0.15) is 12.5 Å². The van der Waals surface area contributed by atoms with E-state index in [2.05, 4.69) is 12.1 Å². The van der Waals surface area contributed by atoms with E-state index in [4.69, 9.17) is 22.1 Å². The average Bonchev–Trinajstić information content (AvgIpc) is 2.28. The van der Waals surface area contributed by atoms with Crippen molar-refractivity contribution in [2.24, 2.45) is 5.92 Å². The minimum absolute atomic E-state index is 0.0875. The minimum Gasteiger partial charge on any atom is -0.372 e. The van der Waals surface area contributed by atoms with Gasteiger partial charge in [0.1, 0.15) is 6.07 Å². The lowest BCUT2D eigenvalue weighted by molar-refractivity contribution is 0.716. The first-order valence-corrected chi connectivity index (χ1v) is 5.27. The van der Waals surface area contributed by atoms with E-state index in [1.165, 1.54) is 0 Å². The smallest absolute Gasteiger partial charge is 0.103 e. The molecule has 0 heterocycles. The van der Waals surface area contributed by atoms with Crippen LogP contribution >= 0.6 is 11.6 Å². The number of anilines is 1. The monoisotopic (exact) mass is 233 g/mol. The summed E-state index contributed by atoms with van der Waals surface area (Å²) in [4.78, 5) is 1.87. The summed E-state index contributed by atoms with van der Waals surface area (Å²) in [5.74, 6) is -0.0875. The zero-order valence-corrected chi connectivity index (χ0v) is 9.99. The number of benzene rings is 1. The number of nitriles is 2. The van der Waals surface area contributed by atoms with E-state index in [1.54, 1.807) is 12.1 Å². The molecule has 0 aliphatic heterocycles. The normalized spacial score (nSPS) is 11.3. The van der Waals surface area contributed by atoms with Crippen LogP contribution in [0.4, 0.5) is 5.69 Å². The van der Waals surface area contributed by atoms with Gasteiger partial charge in [-0.2, -0.15) is 10.5 Å². The predicted molar refractivity (Wildman–Crippen MR) is 64.2 cm³/mol. The summed E-state index contributed by atoms with van der Waals surface area (Å²) in [6.45, 7) is 2.42. The van der Waals surface area contributed by atoms with E-state index < -0.39 is 0 Å². The number of rotatable bonds is 3. The Hall–Kier alpha value is -1.71. The summed E-state index contributed by atoms with van der Waals surface area (Å²) >= 11 is 5.93. The van der Waals surface area contributed by atoms with Crippen LogP contribution in [0.2, 0.25) is 5.02 Å². The maximum atomic E-state index is 9.01. The highest BCUT2D eigenvalue weighted by Crippen LogP contribution is 2.26. The van der Waals surface area contributed by atoms with Gasteiger partial charge >= 0.3 is 0 Å². The molecule has 0 radical (unpaired) electrons. The quantitative estimate of drug-likeness (QED) is 0.807. The van der Waals surface area contributed by atoms with Crippen LogP contribution in [0.15, 0.2) is 18.2 Å². The Morgan fingerprint density at radius 3 is 2.69 bits per heavy atom. The fourth-order valence-electron chi connectivity index (χ4n) is 1.49. The van der Waals surface area contributed by atoms with E-state index in [-0.39, 0.29) is 5.92 Å². The van der Waals surface area contributed by atoms with Gasteiger partial charge in [-0.25, -0.2) is 0 Å². The fraction of sp³-hybridized carbons (Fsp3) is 0.333. The third kappa shape index (κ3) is 2.66. The lowest BCUT2D eigenvalue weighted by Gasteiger charge is -2.21. The van der Waals surface area contributed by atoms with Crippen LogP contribution in [0.25, 0.3) is 0 Å². The first-order chi connectivity index (χ1) is 7.60. The molecule has 82 valence electrons. The molecule has 0 fully saturated rings. The second kappa shape index (κ2) is 5.39. The van der Waals surface area contributed by atoms with Crippen molar-refractivity contribution in [1.29, 1.82) is 10.5 Å². The molecule has 0 aliphatic carbocycles. The van der Waals surface area contributed by atoms with Gasteiger partial charge in [-0.15, -0.1) is 0 Å². The van der Waals surface area contributed by atoms with Crippen LogP contribution in [0, 0.1) is 28.6 Å². The summed E-state index contributed by atoms with van der Waals surface area (Å²) in [7, 11) is 1.85. The highest BCUT2D eigenvalue weighted by atomic mass is 35.5. The van der Waals surface area contributed by atoms with Gasteiger partial charge in [-0.1, -0.05) is 17.7 Å². The number of hydrogen-bond acceptors (Lipinski definition) is 3. The Balaban J connectivity index is 3.01. The van der Waals surface area contributed by atoms with E-state index in [1.807, 2.05) is 24.9 Å². The first-order valence-electron chi connectivity index (χ1n) is 4.89. The number of nitrogens with zero attached hydrogens (tertiary/aromatic N) is 3. The zero-order chi connectivity index (χ0) is 12.1. The van der Waals surface area contributed by atoms with Crippen molar-refractivity contribution < 1.29 is 0 Å². The summed E-state index contributed by atoms with van der Waals surface area (Å²) in [6, 6.07) is 9.55. The summed E-state index contributed by atoms with van der Waals surface area (Å²) in [5, 5.41) is 18.2. The first kappa shape index (κ1) is 12.4. The van der Waals surface area contributed by atoms with Gasteiger partial charge in [0.2, 0.25) is 0 Å². The van der Waals surface area contributed by atoms with Crippen molar-refractivity contribution in [3.63, 3.8) is 0 Å². The molecule has 1 rings (SSSR count). The summed E-state index contributed by atoms with van der Waals surface area (Å²) in [6.07, 6.45) is 0. The Morgan fingerprint density at radius 2 is 2.12 bits per heavy atom. The van der Waals surface area contributed by atoms with E-state index in [9.17, 15) is 0 Å². The number of halogens is 1. The maximum absolute atomic E-state index is 9.01. The van der Waals surface area contributed by atoms with Gasteiger partial charge in [-0.05, 0) is 19.1 Å². The molecule has 0 amide bonds. The van der Waals surface area contributed by atoms with Gasteiger partial charge in [0, 0.05) is 13.6 Å². The predicted octanol–water partition coefficient (Wildman–Crippen LogP) is 2.81. The molecule has 0 aromatic heterocycles. The Bertz CT molecular complexity index is 456. The van der Waals surface area contributed by atoms with E-state index in [0.29, 0.717) is 17.1 Å². The zero-order valence-electron chi connectivity index (χ0n) is 9.24. The minimum atomic E-state index is -0.0875. The Kier molecular flexibility index (Phi) is 4.17. The van der Waals surface area contributed by atoms with Crippen molar-refractivity contribution in [2.45, 2.75) is 6.92 Å². The highest BCUT2D eigenvalue weighted by molar-refractivity contribution is 6.32. The molecule has 16 heavy (non-hydrogen) atoms. The molecule has 4 heteroatoms. The molecule has 0 aliphatic rings. The Morgan fingerprint density at radius 1 is 1.44 bits per heavy atom. The molecular formula is C12H12ClN3. The summed E-state index contributed by atoms with van der Waals surface area (Å²) in [5.41, 5.74) is 1.22. The van der Waals surface area contributed by atoms with Crippen LogP contribution in [-0.2, 0) is 0 Å². The van der Waals surface area contributed by atoms with Gasteiger partial charge in [0.25, 0.3) is 0 Å². The molecule has 0 bridgehead atoms. The molecule has 1 unspecified atom stereocenters. The van der Waals surface area contributed by atoms with E-state index in [0.717, 1.165) is 5.69 Å². The Labute approximate surface area is 100 Å². The van der Waals surface area contributed by atoms with Crippen molar-refractivity contribution in [2.75, 3.05) is 18.5 Å². The van der Waals surface area contributed by atoms with Gasteiger partial charge < -0.3 is 4.90 Å². The van der Waals surface area contributed by atoms with Crippen molar-refractivity contribution in [3.8, 4) is 12.1 Å². The molecular weight excluding hydrogens is 222 g/mol. The van der Waals surface area contributed by atoms with Gasteiger partial charge in [-0.3, -0.25) is 0 Å². The molecule has 0 saturated carbocycles. The number of hydrogen-bond donors (Lipinski definition) is 0. The molecule has 3 nitrogen and oxygen atoms in total. The topological polar surface area (TPSA) is 50.8 Å². The summed E-state index contributed by atoms with van der Waals surface area (Å²) < 4.78 is 0. The van der Waals surface area contributed by atoms with Crippen LogP contribution in [0.3, 0.4) is 0 Å². The maximum Gasteiger partial charge on any atom is 0.103 e. The van der Waals surface area contributed by atoms with Crippen molar-refractivity contribution in [1.82, 2.24) is 0 Å². The molecule has 1 aromatic rings. The van der Waals surface area contributed by atoms with Gasteiger partial charge in [0.15, 0.2) is 0 Å². The largest absolute Gasteiger partial charge is 0.372 e. The highest BCUT2D eigenvalue weighted by Gasteiger charge is 2.12. The van der Waals surface area contributed by atoms with Crippen molar-refractivity contribution in [3.05, 3.63) is 28.8 Å². The molecule has 1 atom stereocenters. The molecule has 0 N–H and O–H groups in total. The van der Waals surface area contributed by atoms with E-state index >= 15 is 0 Å². The standard InChI is InChI=1S/C12H12ClN3/c1-9(6-14)8-16(2)12-5-3-4-11(13)10(12)7-15/h3-5,9H,8H2,1-2H3. The second-order valence-electron chi connectivity index (χ2n) is 3.66. The van der Waals surface area contributed by atoms with Crippen LogP contribution in [0.5, 0.6) is 0 Å². The van der Waals surface area contributed by atoms with Crippen LogP contribution < -0.4 is 4.90 Å².